The van der Waals surface area contributed by atoms with E-state index in [0.29, 0.717) is 25.7 Å². The van der Waals surface area contributed by atoms with E-state index in [2.05, 4.69) is 26.3 Å². The minimum absolute atomic E-state index is 0.546. The second-order valence-electron chi connectivity index (χ2n) is 4.81. The second kappa shape index (κ2) is 5.98. The van der Waals surface area contributed by atoms with Crippen LogP contribution >= 0.6 is 0 Å². The van der Waals surface area contributed by atoms with E-state index < -0.39 is 11.1 Å². The number of rotatable bonds is 8. The SMILES string of the molecule is C=CCC1(CC=C)C=CC(CC=C)(CC=C)N1[O]. The minimum atomic E-state index is -0.546. The minimum Gasteiger partial charge on any atom is -0.134 e. The number of hydroxylamine groups is 2. The molecule has 0 spiro atoms. The van der Waals surface area contributed by atoms with Gasteiger partial charge in [-0.2, -0.15) is 0 Å². The first kappa shape index (κ1) is 14.7. The van der Waals surface area contributed by atoms with E-state index in [1.807, 2.05) is 12.2 Å². The molecule has 0 bridgehead atoms. The predicted octanol–water partition coefficient (Wildman–Crippen LogP) is 3.99. The highest BCUT2D eigenvalue weighted by atomic mass is 16.5. The van der Waals surface area contributed by atoms with Crippen molar-refractivity contribution in [1.29, 1.82) is 0 Å². The molecule has 0 amide bonds. The third-order valence-corrected chi connectivity index (χ3v) is 3.50. The average Bonchev–Trinajstić information content (AvgIpc) is 2.58. The van der Waals surface area contributed by atoms with Crippen LogP contribution in [0.2, 0.25) is 0 Å². The lowest BCUT2D eigenvalue weighted by atomic mass is 9.89. The number of hydrogen-bond acceptors (Lipinski definition) is 1. The number of hydrogen-bond donors (Lipinski definition) is 0. The Morgan fingerprint density at radius 1 is 0.778 bits per heavy atom. The summed E-state index contributed by atoms with van der Waals surface area (Å²) in [6, 6.07) is 0. The fraction of sp³-hybridized carbons (Fsp3) is 0.375. The van der Waals surface area contributed by atoms with Crippen LogP contribution in [0.4, 0.5) is 0 Å². The Kier molecular flexibility index (Phi) is 4.88. The fourth-order valence-electron chi connectivity index (χ4n) is 2.66. The lowest BCUT2D eigenvalue weighted by Gasteiger charge is -2.40. The van der Waals surface area contributed by atoms with Crippen LogP contribution in [-0.4, -0.2) is 16.1 Å². The molecule has 0 fully saturated rings. The molecule has 0 aromatic carbocycles. The molecule has 0 saturated heterocycles. The maximum atomic E-state index is 12.8. The monoisotopic (exact) mass is 244 g/mol. The smallest absolute Gasteiger partial charge is 0.0752 e. The lowest BCUT2D eigenvalue weighted by molar-refractivity contribution is -0.251. The Morgan fingerprint density at radius 2 is 1.06 bits per heavy atom. The molecule has 18 heavy (non-hydrogen) atoms. The first-order chi connectivity index (χ1) is 8.60. The zero-order chi connectivity index (χ0) is 13.6. The second-order valence-corrected chi connectivity index (χ2v) is 4.81. The summed E-state index contributed by atoms with van der Waals surface area (Å²) in [4.78, 5) is 0. The van der Waals surface area contributed by atoms with E-state index in [9.17, 15) is 5.21 Å². The number of nitrogens with zero attached hydrogens (tertiary/aromatic N) is 1. The average molecular weight is 244 g/mol. The van der Waals surface area contributed by atoms with Gasteiger partial charge in [0.1, 0.15) is 0 Å². The molecule has 2 nitrogen and oxygen atoms in total. The maximum Gasteiger partial charge on any atom is 0.0752 e. The molecule has 0 unspecified atom stereocenters. The summed E-state index contributed by atoms with van der Waals surface area (Å²) in [5.74, 6) is 0. The van der Waals surface area contributed by atoms with Crippen LogP contribution in [0.1, 0.15) is 25.7 Å². The van der Waals surface area contributed by atoms with Crippen molar-refractivity contribution in [1.82, 2.24) is 5.06 Å². The zero-order valence-corrected chi connectivity index (χ0v) is 11.0. The predicted molar refractivity (Wildman–Crippen MR) is 76.4 cm³/mol. The van der Waals surface area contributed by atoms with E-state index in [4.69, 9.17) is 0 Å². The van der Waals surface area contributed by atoms with Crippen LogP contribution in [0.15, 0.2) is 62.8 Å². The van der Waals surface area contributed by atoms with Gasteiger partial charge in [-0.05, 0) is 25.7 Å². The van der Waals surface area contributed by atoms with Crippen molar-refractivity contribution in [3.05, 3.63) is 62.8 Å². The van der Waals surface area contributed by atoms with Gasteiger partial charge in [-0.1, -0.05) is 36.5 Å². The molecular formula is C16H22NO. The van der Waals surface area contributed by atoms with Gasteiger partial charge in [-0.3, -0.25) is 0 Å². The lowest BCUT2D eigenvalue weighted by Crippen LogP contribution is -2.51. The molecule has 1 aliphatic rings. The molecular weight excluding hydrogens is 222 g/mol. The highest BCUT2D eigenvalue weighted by Gasteiger charge is 2.49. The molecule has 1 radical (unpaired) electrons. The highest BCUT2D eigenvalue weighted by molar-refractivity contribution is 5.28. The summed E-state index contributed by atoms with van der Waals surface area (Å²) in [6.07, 6.45) is 13.6. The van der Waals surface area contributed by atoms with E-state index in [1.165, 1.54) is 5.06 Å². The van der Waals surface area contributed by atoms with Crippen molar-refractivity contribution in [2.24, 2.45) is 0 Å². The van der Waals surface area contributed by atoms with Crippen LogP contribution in [0.5, 0.6) is 0 Å². The quantitative estimate of drug-likeness (QED) is 0.592. The van der Waals surface area contributed by atoms with E-state index >= 15 is 0 Å². The van der Waals surface area contributed by atoms with Crippen LogP contribution in [-0.2, 0) is 5.21 Å². The summed E-state index contributed by atoms with van der Waals surface area (Å²) in [5, 5.41) is 14.0. The van der Waals surface area contributed by atoms with Crippen molar-refractivity contribution in [2.45, 2.75) is 36.8 Å². The van der Waals surface area contributed by atoms with Crippen LogP contribution < -0.4 is 0 Å². The van der Waals surface area contributed by atoms with Gasteiger partial charge in [-0.25, -0.2) is 0 Å². The summed E-state index contributed by atoms with van der Waals surface area (Å²) < 4.78 is 0. The van der Waals surface area contributed by atoms with Crippen molar-refractivity contribution in [3.8, 4) is 0 Å². The molecule has 0 aliphatic carbocycles. The van der Waals surface area contributed by atoms with Gasteiger partial charge in [-0.15, -0.1) is 36.6 Å². The van der Waals surface area contributed by atoms with Gasteiger partial charge < -0.3 is 0 Å². The molecule has 1 heterocycles. The van der Waals surface area contributed by atoms with Crippen molar-refractivity contribution in [2.75, 3.05) is 0 Å². The molecule has 0 N–H and O–H groups in total. The van der Waals surface area contributed by atoms with Crippen molar-refractivity contribution < 1.29 is 5.21 Å². The summed E-state index contributed by atoms with van der Waals surface area (Å²) >= 11 is 0. The van der Waals surface area contributed by atoms with E-state index in [1.54, 1.807) is 24.3 Å². The molecule has 97 valence electrons. The van der Waals surface area contributed by atoms with Gasteiger partial charge in [0, 0.05) is 0 Å². The Hall–Kier alpha value is -1.38. The third-order valence-electron chi connectivity index (χ3n) is 3.50. The molecule has 0 aromatic rings. The maximum absolute atomic E-state index is 12.8. The summed E-state index contributed by atoms with van der Waals surface area (Å²) in [5.41, 5.74) is -1.09. The van der Waals surface area contributed by atoms with Gasteiger partial charge in [0.25, 0.3) is 0 Å². The van der Waals surface area contributed by atoms with E-state index in [0.717, 1.165) is 0 Å². The van der Waals surface area contributed by atoms with E-state index in [-0.39, 0.29) is 0 Å². The van der Waals surface area contributed by atoms with Crippen LogP contribution in [0.3, 0.4) is 0 Å². The first-order valence-corrected chi connectivity index (χ1v) is 6.22. The molecule has 0 aromatic heterocycles. The highest BCUT2D eigenvalue weighted by Crippen LogP contribution is 2.43. The van der Waals surface area contributed by atoms with Gasteiger partial charge >= 0.3 is 0 Å². The summed E-state index contributed by atoms with van der Waals surface area (Å²) in [6.45, 7) is 15.0. The molecule has 0 atom stereocenters. The largest absolute Gasteiger partial charge is 0.134 e. The zero-order valence-electron chi connectivity index (χ0n) is 11.0. The van der Waals surface area contributed by atoms with Gasteiger partial charge in [0.05, 0.1) is 11.1 Å². The van der Waals surface area contributed by atoms with Gasteiger partial charge in [0.2, 0.25) is 0 Å². The van der Waals surface area contributed by atoms with Crippen LogP contribution in [0, 0.1) is 0 Å². The Balaban J connectivity index is 3.11. The Bertz CT molecular complexity index is 313. The Morgan fingerprint density at radius 3 is 1.28 bits per heavy atom. The van der Waals surface area contributed by atoms with Gasteiger partial charge in [0.15, 0.2) is 0 Å². The standard InChI is InChI=1S/C16H22NO/c1-5-9-15(10-6-2)13-14-16(11-7-3,12-8-4)17(15)18/h5-8,13-14H,1-4,9-12H2. The molecule has 2 heteroatoms. The normalized spacial score (nSPS) is 20.5. The topological polar surface area (TPSA) is 23.1 Å². The van der Waals surface area contributed by atoms with Crippen molar-refractivity contribution >= 4 is 0 Å². The molecule has 0 saturated carbocycles. The Labute approximate surface area is 110 Å². The first-order valence-electron chi connectivity index (χ1n) is 6.22. The van der Waals surface area contributed by atoms with Crippen LogP contribution in [0.25, 0.3) is 0 Å². The van der Waals surface area contributed by atoms with Crippen molar-refractivity contribution in [3.63, 3.8) is 0 Å². The fourth-order valence-corrected chi connectivity index (χ4v) is 2.66. The molecule has 1 rings (SSSR count). The third kappa shape index (κ3) is 2.40. The molecule has 1 aliphatic heterocycles. The summed E-state index contributed by atoms with van der Waals surface area (Å²) in [7, 11) is 0.